The van der Waals surface area contributed by atoms with Crippen LogP contribution in [0.1, 0.15) is 43.1 Å². The lowest BCUT2D eigenvalue weighted by molar-refractivity contribution is 0.683. The highest BCUT2D eigenvalue weighted by atomic mass is 35.5. The summed E-state index contributed by atoms with van der Waals surface area (Å²) in [5.74, 6) is 0.851. The van der Waals surface area contributed by atoms with Crippen molar-refractivity contribution < 1.29 is 0 Å². The molecule has 3 rings (SSSR count). The average Bonchev–Trinajstić information content (AvgIpc) is 3.23. The number of halogens is 1. The van der Waals surface area contributed by atoms with Crippen LogP contribution in [0.3, 0.4) is 0 Å². The summed E-state index contributed by atoms with van der Waals surface area (Å²) in [6.07, 6.45) is 6.50. The standard InChI is InChI=1S/C16H21ClN4/c1-3-4-14-7-12(9-18-13-5-6-13)8-16(19-14)21-10-15(17)11(2)20-21/h7-8,10,13,18H,3-6,9H2,1-2H3. The molecular formula is C16H21ClN4. The van der Waals surface area contributed by atoms with Crippen molar-refractivity contribution in [3.05, 3.63) is 40.3 Å². The zero-order valence-electron chi connectivity index (χ0n) is 12.6. The van der Waals surface area contributed by atoms with Crippen molar-refractivity contribution in [1.82, 2.24) is 20.1 Å². The molecule has 5 heteroatoms. The van der Waals surface area contributed by atoms with Gasteiger partial charge in [-0.15, -0.1) is 0 Å². The Bertz CT molecular complexity index is 612. The zero-order chi connectivity index (χ0) is 14.8. The number of pyridine rings is 1. The van der Waals surface area contributed by atoms with Gasteiger partial charge in [0.1, 0.15) is 0 Å². The summed E-state index contributed by atoms with van der Waals surface area (Å²) in [5, 5.41) is 8.66. The van der Waals surface area contributed by atoms with Crippen LogP contribution in [-0.4, -0.2) is 20.8 Å². The minimum atomic E-state index is 0.676. The van der Waals surface area contributed by atoms with Gasteiger partial charge >= 0.3 is 0 Å². The lowest BCUT2D eigenvalue weighted by Gasteiger charge is -2.09. The Balaban J connectivity index is 1.89. The van der Waals surface area contributed by atoms with Crippen LogP contribution in [0.4, 0.5) is 0 Å². The van der Waals surface area contributed by atoms with E-state index in [0.29, 0.717) is 11.1 Å². The summed E-state index contributed by atoms with van der Waals surface area (Å²) >= 11 is 6.11. The minimum absolute atomic E-state index is 0.676. The first kappa shape index (κ1) is 14.5. The molecular weight excluding hydrogens is 284 g/mol. The zero-order valence-corrected chi connectivity index (χ0v) is 13.3. The molecule has 0 bridgehead atoms. The summed E-state index contributed by atoms with van der Waals surface area (Å²) in [6, 6.07) is 5.00. The SMILES string of the molecule is CCCc1cc(CNC2CC2)cc(-n2cc(Cl)c(C)n2)n1. The summed E-state index contributed by atoms with van der Waals surface area (Å²) in [6.45, 7) is 4.97. The maximum atomic E-state index is 6.11. The molecule has 21 heavy (non-hydrogen) atoms. The van der Waals surface area contributed by atoms with Crippen molar-refractivity contribution in [3.8, 4) is 5.82 Å². The van der Waals surface area contributed by atoms with Gasteiger partial charge in [-0.3, -0.25) is 0 Å². The van der Waals surface area contributed by atoms with E-state index in [0.717, 1.165) is 36.6 Å². The fourth-order valence-electron chi connectivity index (χ4n) is 2.34. The maximum absolute atomic E-state index is 6.11. The van der Waals surface area contributed by atoms with Crippen molar-refractivity contribution in [2.45, 2.75) is 52.1 Å². The average molecular weight is 305 g/mol. The molecule has 1 N–H and O–H groups in total. The van der Waals surface area contributed by atoms with Gasteiger partial charge in [0.2, 0.25) is 0 Å². The highest BCUT2D eigenvalue weighted by molar-refractivity contribution is 6.31. The molecule has 0 spiro atoms. The minimum Gasteiger partial charge on any atom is -0.310 e. The summed E-state index contributed by atoms with van der Waals surface area (Å²) < 4.78 is 1.78. The highest BCUT2D eigenvalue weighted by Gasteiger charge is 2.20. The molecule has 0 saturated heterocycles. The van der Waals surface area contributed by atoms with E-state index in [4.69, 9.17) is 16.6 Å². The van der Waals surface area contributed by atoms with E-state index < -0.39 is 0 Å². The Hall–Kier alpha value is -1.39. The van der Waals surface area contributed by atoms with Gasteiger partial charge in [-0.05, 0) is 43.9 Å². The molecule has 2 aromatic rings. The number of aryl methyl sites for hydroxylation is 2. The fraction of sp³-hybridized carbons (Fsp3) is 0.500. The van der Waals surface area contributed by atoms with Crippen LogP contribution in [0.5, 0.6) is 0 Å². The van der Waals surface area contributed by atoms with Crippen molar-refractivity contribution >= 4 is 11.6 Å². The second-order valence-corrected chi connectivity index (χ2v) is 6.14. The van der Waals surface area contributed by atoms with E-state index in [1.165, 1.54) is 18.4 Å². The van der Waals surface area contributed by atoms with E-state index in [1.54, 1.807) is 4.68 Å². The molecule has 2 aromatic heterocycles. The molecule has 1 fully saturated rings. The van der Waals surface area contributed by atoms with Gasteiger partial charge in [0.15, 0.2) is 5.82 Å². The van der Waals surface area contributed by atoms with Crippen LogP contribution in [0.15, 0.2) is 18.3 Å². The van der Waals surface area contributed by atoms with Gasteiger partial charge in [0.05, 0.1) is 16.9 Å². The first-order chi connectivity index (χ1) is 10.2. The van der Waals surface area contributed by atoms with Crippen LogP contribution >= 0.6 is 11.6 Å². The van der Waals surface area contributed by atoms with E-state index in [1.807, 2.05) is 13.1 Å². The quantitative estimate of drug-likeness (QED) is 0.889. The topological polar surface area (TPSA) is 42.7 Å². The molecule has 0 radical (unpaired) electrons. The molecule has 0 atom stereocenters. The Morgan fingerprint density at radius 2 is 2.19 bits per heavy atom. The van der Waals surface area contributed by atoms with Gasteiger partial charge in [-0.1, -0.05) is 24.9 Å². The Morgan fingerprint density at radius 1 is 1.38 bits per heavy atom. The Kier molecular flexibility index (Phi) is 4.27. The van der Waals surface area contributed by atoms with E-state index in [-0.39, 0.29) is 0 Å². The molecule has 1 saturated carbocycles. The molecule has 0 aliphatic heterocycles. The van der Waals surface area contributed by atoms with Gasteiger partial charge in [0.25, 0.3) is 0 Å². The summed E-state index contributed by atoms with van der Waals surface area (Å²) in [7, 11) is 0. The second kappa shape index (κ2) is 6.16. The smallest absolute Gasteiger partial charge is 0.153 e. The molecule has 1 aliphatic carbocycles. The van der Waals surface area contributed by atoms with Crippen molar-refractivity contribution in [2.75, 3.05) is 0 Å². The number of hydrogen-bond acceptors (Lipinski definition) is 3. The molecule has 1 aliphatic rings. The largest absolute Gasteiger partial charge is 0.310 e. The van der Waals surface area contributed by atoms with Gasteiger partial charge in [-0.2, -0.15) is 5.10 Å². The van der Waals surface area contributed by atoms with Crippen LogP contribution in [0.2, 0.25) is 5.02 Å². The third-order valence-electron chi connectivity index (χ3n) is 3.68. The number of hydrogen-bond donors (Lipinski definition) is 1. The molecule has 112 valence electrons. The lowest BCUT2D eigenvalue weighted by Crippen LogP contribution is -2.16. The normalized spacial score (nSPS) is 14.6. The number of rotatable bonds is 6. The van der Waals surface area contributed by atoms with Crippen LogP contribution in [0, 0.1) is 6.92 Å². The first-order valence-corrected chi connectivity index (χ1v) is 7.99. The Morgan fingerprint density at radius 3 is 2.81 bits per heavy atom. The van der Waals surface area contributed by atoms with Gasteiger partial charge < -0.3 is 5.32 Å². The molecule has 0 aromatic carbocycles. The third kappa shape index (κ3) is 3.63. The summed E-state index contributed by atoms with van der Waals surface area (Å²) in [5.41, 5.74) is 3.21. The second-order valence-electron chi connectivity index (χ2n) is 5.74. The monoisotopic (exact) mass is 304 g/mol. The van der Waals surface area contributed by atoms with Gasteiger partial charge in [0, 0.05) is 18.3 Å². The Labute approximate surface area is 130 Å². The third-order valence-corrected chi connectivity index (χ3v) is 4.05. The van der Waals surface area contributed by atoms with Crippen LogP contribution in [-0.2, 0) is 13.0 Å². The molecule has 4 nitrogen and oxygen atoms in total. The van der Waals surface area contributed by atoms with Crippen molar-refractivity contribution in [2.24, 2.45) is 0 Å². The predicted octanol–water partition coefficient (Wildman–Crippen LogP) is 3.43. The van der Waals surface area contributed by atoms with Gasteiger partial charge in [-0.25, -0.2) is 9.67 Å². The predicted molar refractivity (Wildman–Crippen MR) is 85.0 cm³/mol. The van der Waals surface area contributed by atoms with E-state index >= 15 is 0 Å². The lowest BCUT2D eigenvalue weighted by atomic mass is 10.1. The number of aromatic nitrogens is 3. The maximum Gasteiger partial charge on any atom is 0.153 e. The number of nitrogens with one attached hydrogen (secondary N) is 1. The highest BCUT2D eigenvalue weighted by Crippen LogP contribution is 2.21. The van der Waals surface area contributed by atoms with Crippen LogP contribution < -0.4 is 5.32 Å². The molecule has 0 unspecified atom stereocenters. The van der Waals surface area contributed by atoms with Crippen molar-refractivity contribution in [3.63, 3.8) is 0 Å². The number of nitrogens with zero attached hydrogens (tertiary/aromatic N) is 3. The van der Waals surface area contributed by atoms with E-state index in [9.17, 15) is 0 Å². The first-order valence-electron chi connectivity index (χ1n) is 7.61. The van der Waals surface area contributed by atoms with E-state index in [2.05, 4.69) is 29.5 Å². The van der Waals surface area contributed by atoms with Crippen molar-refractivity contribution in [1.29, 1.82) is 0 Å². The molecule has 2 heterocycles. The fourth-order valence-corrected chi connectivity index (χ4v) is 2.47. The summed E-state index contributed by atoms with van der Waals surface area (Å²) in [4.78, 5) is 4.70. The van der Waals surface area contributed by atoms with Crippen LogP contribution in [0.25, 0.3) is 5.82 Å². The molecule has 0 amide bonds.